The Morgan fingerprint density at radius 2 is 1.86 bits per heavy atom. The van der Waals surface area contributed by atoms with Gasteiger partial charge in [-0.05, 0) is 24.1 Å². The topological polar surface area (TPSA) is 26.0 Å². The first-order chi connectivity index (χ1) is 6.59. The number of hydrogen-bond acceptors (Lipinski definition) is 1. The SMILES string of the molecule is CC.Cc1ccc(CC(F)F)c(N)c1. The number of anilines is 1. The molecule has 0 atom stereocenters. The van der Waals surface area contributed by atoms with Crippen molar-refractivity contribution >= 4 is 5.69 Å². The molecule has 0 aromatic heterocycles. The first-order valence-corrected chi connectivity index (χ1v) is 4.72. The minimum Gasteiger partial charge on any atom is -0.398 e. The Bertz CT molecular complexity index is 272. The van der Waals surface area contributed by atoms with Gasteiger partial charge in [0.2, 0.25) is 6.43 Å². The maximum atomic E-state index is 11.9. The third kappa shape index (κ3) is 4.21. The van der Waals surface area contributed by atoms with E-state index >= 15 is 0 Å². The molecule has 0 spiro atoms. The van der Waals surface area contributed by atoms with E-state index in [0.29, 0.717) is 11.3 Å². The molecule has 1 aromatic carbocycles. The number of nitrogen functional groups attached to an aromatic ring is 1. The Kier molecular flexibility index (Phi) is 5.84. The van der Waals surface area contributed by atoms with Gasteiger partial charge in [-0.1, -0.05) is 26.0 Å². The molecule has 0 saturated heterocycles. The van der Waals surface area contributed by atoms with Crippen LogP contribution in [0.1, 0.15) is 25.0 Å². The third-order valence-corrected chi connectivity index (χ3v) is 1.68. The summed E-state index contributed by atoms with van der Waals surface area (Å²) in [6.07, 6.45) is -2.58. The van der Waals surface area contributed by atoms with Crippen LogP contribution in [0.25, 0.3) is 0 Å². The Morgan fingerprint density at radius 3 is 2.29 bits per heavy atom. The van der Waals surface area contributed by atoms with E-state index in [9.17, 15) is 8.78 Å². The van der Waals surface area contributed by atoms with Gasteiger partial charge in [-0.15, -0.1) is 0 Å². The lowest BCUT2D eigenvalue weighted by Crippen LogP contribution is -2.01. The molecule has 14 heavy (non-hydrogen) atoms. The van der Waals surface area contributed by atoms with Crippen LogP contribution in [-0.2, 0) is 6.42 Å². The number of halogens is 2. The molecule has 1 rings (SSSR count). The summed E-state index contributed by atoms with van der Waals surface area (Å²) in [6.45, 7) is 5.88. The minimum absolute atomic E-state index is 0.258. The second-order valence-corrected chi connectivity index (χ2v) is 2.80. The van der Waals surface area contributed by atoms with E-state index in [1.54, 1.807) is 18.2 Å². The number of hydrogen-bond donors (Lipinski definition) is 1. The molecule has 0 unspecified atom stereocenters. The number of benzene rings is 1. The van der Waals surface area contributed by atoms with Crippen molar-refractivity contribution in [1.29, 1.82) is 0 Å². The molecule has 2 N–H and O–H groups in total. The second kappa shape index (κ2) is 6.35. The van der Waals surface area contributed by atoms with Gasteiger partial charge in [0.25, 0.3) is 0 Å². The lowest BCUT2D eigenvalue weighted by molar-refractivity contribution is 0.149. The van der Waals surface area contributed by atoms with E-state index in [0.717, 1.165) is 5.56 Å². The molecule has 3 heteroatoms. The summed E-state index contributed by atoms with van der Waals surface area (Å²) in [6, 6.07) is 5.14. The molecule has 0 fully saturated rings. The van der Waals surface area contributed by atoms with Gasteiger partial charge < -0.3 is 5.73 Å². The van der Waals surface area contributed by atoms with Crippen molar-refractivity contribution in [2.45, 2.75) is 33.6 Å². The molecule has 1 aromatic rings. The van der Waals surface area contributed by atoms with E-state index < -0.39 is 6.43 Å². The van der Waals surface area contributed by atoms with Crippen molar-refractivity contribution in [2.24, 2.45) is 0 Å². The molecule has 0 aliphatic heterocycles. The van der Waals surface area contributed by atoms with E-state index in [1.807, 2.05) is 20.8 Å². The molecule has 0 heterocycles. The summed E-state index contributed by atoms with van der Waals surface area (Å²) in [5, 5.41) is 0. The Morgan fingerprint density at radius 1 is 1.29 bits per heavy atom. The second-order valence-electron chi connectivity index (χ2n) is 2.80. The van der Waals surface area contributed by atoms with Gasteiger partial charge in [0.1, 0.15) is 0 Å². The highest BCUT2D eigenvalue weighted by Gasteiger charge is 2.06. The number of nitrogens with two attached hydrogens (primary N) is 1. The van der Waals surface area contributed by atoms with Gasteiger partial charge in [-0.3, -0.25) is 0 Å². The largest absolute Gasteiger partial charge is 0.398 e. The fourth-order valence-corrected chi connectivity index (χ4v) is 1.07. The van der Waals surface area contributed by atoms with Crippen molar-refractivity contribution < 1.29 is 8.78 Å². The lowest BCUT2D eigenvalue weighted by Gasteiger charge is -2.05. The summed E-state index contributed by atoms with van der Waals surface area (Å²) in [4.78, 5) is 0. The van der Waals surface area contributed by atoms with Crippen molar-refractivity contribution in [1.82, 2.24) is 0 Å². The summed E-state index contributed by atoms with van der Waals surface area (Å²) >= 11 is 0. The summed E-state index contributed by atoms with van der Waals surface area (Å²) in [5.74, 6) is 0. The highest BCUT2D eigenvalue weighted by Crippen LogP contribution is 2.16. The zero-order valence-corrected chi connectivity index (χ0v) is 8.85. The standard InChI is InChI=1S/C9H11F2N.C2H6/c1-6-2-3-7(5-9(10)11)8(12)4-6;1-2/h2-4,9H,5,12H2,1H3;1-2H3. The molecule has 0 saturated carbocycles. The highest BCUT2D eigenvalue weighted by atomic mass is 19.3. The normalized spacial score (nSPS) is 9.57. The zero-order valence-electron chi connectivity index (χ0n) is 8.85. The van der Waals surface area contributed by atoms with Crippen LogP contribution >= 0.6 is 0 Å². The van der Waals surface area contributed by atoms with Crippen molar-refractivity contribution in [2.75, 3.05) is 5.73 Å². The molecule has 0 radical (unpaired) electrons. The van der Waals surface area contributed by atoms with Gasteiger partial charge in [-0.25, -0.2) is 8.78 Å². The van der Waals surface area contributed by atoms with Crippen molar-refractivity contribution in [3.8, 4) is 0 Å². The lowest BCUT2D eigenvalue weighted by atomic mass is 10.1. The number of alkyl halides is 2. The first kappa shape index (κ1) is 12.9. The molecular weight excluding hydrogens is 184 g/mol. The average Bonchev–Trinajstić information content (AvgIpc) is 2.13. The Labute approximate surface area is 83.9 Å². The quantitative estimate of drug-likeness (QED) is 0.729. The first-order valence-electron chi connectivity index (χ1n) is 4.72. The Balaban J connectivity index is 0.000000791. The average molecular weight is 201 g/mol. The van der Waals surface area contributed by atoms with Crippen LogP contribution in [0.15, 0.2) is 18.2 Å². The van der Waals surface area contributed by atoms with Crippen LogP contribution in [0.3, 0.4) is 0 Å². The number of aryl methyl sites for hydroxylation is 1. The monoisotopic (exact) mass is 201 g/mol. The molecular formula is C11H17F2N. The van der Waals surface area contributed by atoms with Crippen LogP contribution < -0.4 is 5.73 Å². The van der Waals surface area contributed by atoms with E-state index in [2.05, 4.69) is 0 Å². The van der Waals surface area contributed by atoms with E-state index in [1.165, 1.54) is 0 Å². The maximum absolute atomic E-state index is 11.9. The molecule has 0 aliphatic rings. The van der Waals surface area contributed by atoms with Gasteiger partial charge in [0.15, 0.2) is 0 Å². The van der Waals surface area contributed by atoms with Crippen molar-refractivity contribution in [3.63, 3.8) is 0 Å². The third-order valence-electron chi connectivity index (χ3n) is 1.68. The zero-order chi connectivity index (χ0) is 11.1. The summed E-state index contributed by atoms with van der Waals surface area (Å²) in [7, 11) is 0. The van der Waals surface area contributed by atoms with Crippen LogP contribution in [0.2, 0.25) is 0 Å². The summed E-state index contributed by atoms with van der Waals surface area (Å²) in [5.41, 5.74) is 7.51. The molecule has 80 valence electrons. The highest BCUT2D eigenvalue weighted by molar-refractivity contribution is 5.49. The summed E-state index contributed by atoms with van der Waals surface area (Å²) < 4.78 is 23.9. The molecule has 1 nitrogen and oxygen atoms in total. The predicted octanol–water partition coefficient (Wildman–Crippen LogP) is 3.41. The fourth-order valence-electron chi connectivity index (χ4n) is 1.07. The predicted molar refractivity (Wildman–Crippen MR) is 56.6 cm³/mol. The van der Waals surface area contributed by atoms with Crippen LogP contribution in [0.4, 0.5) is 14.5 Å². The molecule has 0 amide bonds. The molecule has 0 bridgehead atoms. The van der Waals surface area contributed by atoms with Gasteiger partial charge >= 0.3 is 0 Å². The van der Waals surface area contributed by atoms with Gasteiger partial charge in [0, 0.05) is 12.1 Å². The fraction of sp³-hybridized carbons (Fsp3) is 0.455. The van der Waals surface area contributed by atoms with E-state index in [4.69, 9.17) is 5.73 Å². The van der Waals surface area contributed by atoms with Gasteiger partial charge in [0.05, 0.1) is 0 Å². The van der Waals surface area contributed by atoms with Crippen LogP contribution in [0, 0.1) is 6.92 Å². The number of rotatable bonds is 2. The minimum atomic E-state index is -2.32. The van der Waals surface area contributed by atoms with E-state index in [-0.39, 0.29) is 6.42 Å². The maximum Gasteiger partial charge on any atom is 0.242 e. The molecule has 0 aliphatic carbocycles. The van der Waals surface area contributed by atoms with Crippen molar-refractivity contribution in [3.05, 3.63) is 29.3 Å². The van der Waals surface area contributed by atoms with Gasteiger partial charge in [-0.2, -0.15) is 0 Å². The van der Waals surface area contributed by atoms with Crippen LogP contribution in [0.5, 0.6) is 0 Å². The van der Waals surface area contributed by atoms with Crippen LogP contribution in [-0.4, -0.2) is 6.43 Å². The smallest absolute Gasteiger partial charge is 0.242 e. The Hall–Kier alpha value is -1.12.